The lowest BCUT2D eigenvalue weighted by molar-refractivity contribution is 0.649. The second kappa shape index (κ2) is 8.77. The fourth-order valence-electron chi connectivity index (χ4n) is 3.09. The molecule has 1 heterocycles. The molecule has 26 heavy (non-hydrogen) atoms. The standard InChI is InChI=1S/C21H25ClN4/c1-15-17(11-7-12-18(15)22)19-14-20(26-21(23)25-19)24-13-6-5-10-16-8-3-2-4-9-16/h2-4,7-9,11-12,14,19,24H,5-6,10,13H2,1H3,(H3,23,25,26). The molecule has 2 aromatic carbocycles. The smallest absolute Gasteiger partial charge is 0.195 e. The summed E-state index contributed by atoms with van der Waals surface area (Å²) in [5.74, 6) is 1.32. The highest BCUT2D eigenvalue weighted by Gasteiger charge is 2.17. The summed E-state index contributed by atoms with van der Waals surface area (Å²) in [7, 11) is 0. The van der Waals surface area contributed by atoms with Crippen molar-refractivity contribution in [1.29, 1.82) is 0 Å². The van der Waals surface area contributed by atoms with Crippen LogP contribution in [0.5, 0.6) is 0 Å². The molecular weight excluding hydrogens is 344 g/mol. The molecule has 0 spiro atoms. The predicted molar refractivity (Wildman–Crippen MR) is 109 cm³/mol. The lowest BCUT2D eigenvalue weighted by Gasteiger charge is -2.22. The number of nitrogens with two attached hydrogens (primary N) is 1. The summed E-state index contributed by atoms with van der Waals surface area (Å²) in [6.07, 6.45) is 5.39. The maximum atomic E-state index is 6.24. The van der Waals surface area contributed by atoms with Gasteiger partial charge in [-0.25, -0.2) is 4.99 Å². The number of guanidine groups is 1. The number of rotatable bonds is 7. The van der Waals surface area contributed by atoms with Gasteiger partial charge < -0.3 is 16.4 Å². The van der Waals surface area contributed by atoms with Crippen LogP contribution in [0.4, 0.5) is 0 Å². The quantitative estimate of drug-likeness (QED) is 0.646. The molecular formula is C21H25ClN4. The number of aliphatic imine (C=N–C) groups is 1. The first-order chi connectivity index (χ1) is 12.6. The van der Waals surface area contributed by atoms with Gasteiger partial charge in [-0.05, 0) is 55.0 Å². The van der Waals surface area contributed by atoms with Crippen molar-refractivity contribution in [2.45, 2.75) is 32.2 Å². The number of nitrogens with zero attached hydrogens (tertiary/aromatic N) is 1. The highest BCUT2D eigenvalue weighted by atomic mass is 35.5. The second-order valence-corrected chi connectivity index (χ2v) is 6.90. The first-order valence-electron chi connectivity index (χ1n) is 8.98. The Morgan fingerprint density at radius 3 is 2.73 bits per heavy atom. The van der Waals surface area contributed by atoms with E-state index >= 15 is 0 Å². The Morgan fingerprint density at radius 1 is 1.12 bits per heavy atom. The largest absolute Gasteiger partial charge is 0.372 e. The van der Waals surface area contributed by atoms with Crippen LogP contribution in [0.2, 0.25) is 5.02 Å². The molecule has 1 aliphatic heterocycles. The van der Waals surface area contributed by atoms with Crippen molar-refractivity contribution in [3.05, 3.63) is 82.1 Å². The minimum absolute atomic E-state index is 0.123. The molecule has 1 atom stereocenters. The number of benzene rings is 2. The molecule has 0 aromatic heterocycles. The molecule has 0 saturated heterocycles. The van der Waals surface area contributed by atoms with Crippen LogP contribution < -0.4 is 16.4 Å². The molecule has 2 aromatic rings. The molecule has 4 nitrogen and oxygen atoms in total. The van der Waals surface area contributed by atoms with Crippen LogP contribution in [0, 0.1) is 6.92 Å². The highest BCUT2D eigenvalue weighted by Crippen LogP contribution is 2.28. The molecule has 0 radical (unpaired) electrons. The third kappa shape index (κ3) is 4.79. The van der Waals surface area contributed by atoms with Gasteiger partial charge in [-0.15, -0.1) is 0 Å². The van der Waals surface area contributed by atoms with Crippen molar-refractivity contribution in [1.82, 2.24) is 10.6 Å². The molecule has 1 unspecified atom stereocenters. The fourth-order valence-corrected chi connectivity index (χ4v) is 3.27. The van der Waals surface area contributed by atoms with Crippen LogP contribution in [-0.4, -0.2) is 12.5 Å². The fraction of sp³-hybridized carbons (Fsp3) is 0.286. The van der Waals surface area contributed by atoms with E-state index < -0.39 is 0 Å². The second-order valence-electron chi connectivity index (χ2n) is 6.49. The van der Waals surface area contributed by atoms with E-state index in [9.17, 15) is 0 Å². The van der Waals surface area contributed by atoms with Crippen LogP contribution in [0.3, 0.4) is 0 Å². The number of hydrogen-bond donors (Lipinski definition) is 3. The van der Waals surface area contributed by atoms with E-state index in [0.717, 1.165) is 47.8 Å². The van der Waals surface area contributed by atoms with Crippen molar-refractivity contribution >= 4 is 17.6 Å². The van der Waals surface area contributed by atoms with Gasteiger partial charge in [0.25, 0.3) is 0 Å². The summed E-state index contributed by atoms with van der Waals surface area (Å²) in [5.41, 5.74) is 9.47. The minimum atomic E-state index is -0.123. The number of aryl methyl sites for hydroxylation is 1. The number of halogens is 1. The Morgan fingerprint density at radius 2 is 1.92 bits per heavy atom. The Bertz CT molecular complexity index is 799. The number of hydrogen-bond acceptors (Lipinski definition) is 4. The molecule has 4 N–H and O–H groups in total. The summed E-state index contributed by atoms with van der Waals surface area (Å²) in [6.45, 7) is 2.90. The van der Waals surface area contributed by atoms with Crippen molar-refractivity contribution in [2.75, 3.05) is 6.54 Å². The van der Waals surface area contributed by atoms with Gasteiger partial charge in [0.2, 0.25) is 0 Å². The van der Waals surface area contributed by atoms with E-state index in [1.54, 1.807) is 0 Å². The van der Waals surface area contributed by atoms with Gasteiger partial charge in [0, 0.05) is 11.6 Å². The topological polar surface area (TPSA) is 62.4 Å². The van der Waals surface area contributed by atoms with Crippen LogP contribution >= 0.6 is 11.6 Å². The Labute approximate surface area is 160 Å². The van der Waals surface area contributed by atoms with E-state index in [2.05, 4.69) is 52.0 Å². The van der Waals surface area contributed by atoms with Crippen molar-refractivity contribution in [3.8, 4) is 0 Å². The molecule has 5 heteroatoms. The molecule has 0 fully saturated rings. The van der Waals surface area contributed by atoms with Gasteiger partial charge in [0.15, 0.2) is 5.96 Å². The molecule has 136 valence electrons. The molecule has 0 saturated carbocycles. The van der Waals surface area contributed by atoms with Gasteiger partial charge in [-0.2, -0.15) is 0 Å². The van der Waals surface area contributed by atoms with Gasteiger partial charge >= 0.3 is 0 Å². The van der Waals surface area contributed by atoms with Crippen LogP contribution in [0.25, 0.3) is 0 Å². The summed E-state index contributed by atoms with van der Waals surface area (Å²) in [6, 6.07) is 16.3. The summed E-state index contributed by atoms with van der Waals surface area (Å²) >= 11 is 6.24. The normalized spacial score (nSPS) is 16.5. The van der Waals surface area contributed by atoms with Crippen molar-refractivity contribution < 1.29 is 0 Å². The summed E-state index contributed by atoms with van der Waals surface area (Å²) < 4.78 is 0. The van der Waals surface area contributed by atoms with E-state index in [0.29, 0.717) is 5.96 Å². The molecule has 1 aliphatic rings. The van der Waals surface area contributed by atoms with E-state index in [1.807, 2.05) is 25.1 Å². The van der Waals surface area contributed by atoms with Crippen molar-refractivity contribution in [2.24, 2.45) is 10.7 Å². The Kier molecular flexibility index (Phi) is 6.18. The Hall–Kier alpha value is -2.46. The molecule has 0 amide bonds. The zero-order chi connectivity index (χ0) is 18.4. The van der Waals surface area contributed by atoms with E-state index in [-0.39, 0.29) is 6.04 Å². The summed E-state index contributed by atoms with van der Waals surface area (Å²) in [4.78, 5) is 4.50. The summed E-state index contributed by atoms with van der Waals surface area (Å²) in [5, 5.41) is 7.28. The van der Waals surface area contributed by atoms with Crippen LogP contribution in [0.1, 0.15) is 35.6 Å². The third-order valence-electron chi connectivity index (χ3n) is 4.54. The molecule has 0 aliphatic carbocycles. The average Bonchev–Trinajstić information content (AvgIpc) is 2.64. The predicted octanol–water partition coefficient (Wildman–Crippen LogP) is 4.06. The lowest BCUT2D eigenvalue weighted by Crippen LogP contribution is -2.40. The molecule has 3 rings (SSSR count). The Balaban J connectivity index is 1.54. The van der Waals surface area contributed by atoms with Gasteiger partial charge in [0.05, 0.1) is 0 Å². The lowest BCUT2D eigenvalue weighted by atomic mass is 10.0. The monoisotopic (exact) mass is 368 g/mol. The SMILES string of the molecule is Cc1c(Cl)cccc1C1C=C(NCCCCc2ccccc2)NC(N)=N1. The number of nitrogens with one attached hydrogen (secondary N) is 2. The van der Waals surface area contributed by atoms with Crippen LogP contribution in [-0.2, 0) is 6.42 Å². The first kappa shape index (κ1) is 18.3. The zero-order valence-corrected chi connectivity index (χ0v) is 15.8. The minimum Gasteiger partial charge on any atom is -0.372 e. The van der Waals surface area contributed by atoms with Gasteiger partial charge in [0.1, 0.15) is 11.9 Å². The maximum Gasteiger partial charge on any atom is 0.195 e. The van der Waals surface area contributed by atoms with Crippen LogP contribution in [0.15, 0.2) is 65.4 Å². The molecule has 0 bridgehead atoms. The van der Waals surface area contributed by atoms with Gasteiger partial charge in [-0.1, -0.05) is 54.1 Å². The third-order valence-corrected chi connectivity index (χ3v) is 4.95. The maximum absolute atomic E-state index is 6.24. The first-order valence-corrected chi connectivity index (χ1v) is 9.36. The van der Waals surface area contributed by atoms with Gasteiger partial charge in [-0.3, -0.25) is 0 Å². The van der Waals surface area contributed by atoms with Crippen molar-refractivity contribution in [3.63, 3.8) is 0 Å². The van der Waals surface area contributed by atoms with E-state index in [4.69, 9.17) is 17.3 Å². The number of unbranched alkanes of at least 4 members (excludes halogenated alkanes) is 1. The zero-order valence-electron chi connectivity index (χ0n) is 15.0. The average molecular weight is 369 g/mol. The highest BCUT2D eigenvalue weighted by molar-refractivity contribution is 6.31. The van der Waals surface area contributed by atoms with E-state index in [1.165, 1.54) is 5.56 Å².